The fourth-order valence-electron chi connectivity index (χ4n) is 3.64. The molecule has 0 radical (unpaired) electrons. The maximum atomic E-state index is 12.6. The lowest BCUT2D eigenvalue weighted by Gasteiger charge is -2.14. The molecule has 0 unspecified atom stereocenters. The van der Waals surface area contributed by atoms with Crippen LogP contribution in [0.15, 0.2) is 71.4 Å². The number of aromatic nitrogens is 2. The van der Waals surface area contributed by atoms with Crippen molar-refractivity contribution in [1.29, 1.82) is 0 Å². The lowest BCUT2D eigenvalue weighted by molar-refractivity contribution is 0.0992. The van der Waals surface area contributed by atoms with Crippen LogP contribution in [0.3, 0.4) is 0 Å². The molecule has 0 aliphatic rings. The van der Waals surface area contributed by atoms with Crippen LogP contribution in [0.2, 0.25) is 0 Å². The summed E-state index contributed by atoms with van der Waals surface area (Å²) < 4.78 is 18.7. The molecule has 1 amide bonds. The van der Waals surface area contributed by atoms with Gasteiger partial charge in [0.05, 0.1) is 25.5 Å². The number of nitrogens with one attached hydrogen (secondary N) is 1. The molecule has 0 atom stereocenters. The molecular weight excluding hydrogens is 430 g/mol. The number of benzene rings is 2. The van der Waals surface area contributed by atoms with Crippen molar-refractivity contribution >= 4 is 11.6 Å². The second kappa shape index (κ2) is 10.3. The molecule has 0 saturated heterocycles. The highest BCUT2D eigenvalue weighted by Crippen LogP contribution is 2.28. The monoisotopic (exact) mass is 459 g/mol. The van der Waals surface area contributed by atoms with E-state index >= 15 is 0 Å². The molecule has 7 heteroatoms. The van der Waals surface area contributed by atoms with Gasteiger partial charge in [0.1, 0.15) is 23.9 Å². The quantitative estimate of drug-likeness (QED) is 0.342. The van der Waals surface area contributed by atoms with E-state index in [-0.39, 0.29) is 18.3 Å². The lowest BCUT2D eigenvalue weighted by atomic mass is 10.0. The highest BCUT2D eigenvalue weighted by Gasteiger charge is 2.14. The van der Waals surface area contributed by atoms with Gasteiger partial charge < -0.3 is 19.2 Å². The van der Waals surface area contributed by atoms with Crippen molar-refractivity contribution in [1.82, 2.24) is 9.78 Å². The number of hydrogen-bond acceptors (Lipinski definition) is 5. The van der Waals surface area contributed by atoms with Crippen molar-refractivity contribution in [3.8, 4) is 11.5 Å². The van der Waals surface area contributed by atoms with Crippen molar-refractivity contribution in [2.75, 3.05) is 12.4 Å². The Balaban J connectivity index is 1.35. The first kappa shape index (κ1) is 23.2. The van der Waals surface area contributed by atoms with E-state index in [1.54, 1.807) is 36.3 Å². The van der Waals surface area contributed by atoms with Gasteiger partial charge in [0.25, 0.3) is 5.91 Å². The molecule has 2 heterocycles. The fraction of sp³-hybridized carbons (Fsp3) is 0.259. The maximum Gasteiger partial charge on any atom is 0.291 e. The molecule has 0 aliphatic heterocycles. The van der Waals surface area contributed by atoms with Crippen LogP contribution in [-0.2, 0) is 13.2 Å². The first-order chi connectivity index (χ1) is 16.4. The van der Waals surface area contributed by atoms with Crippen LogP contribution in [0.5, 0.6) is 11.5 Å². The van der Waals surface area contributed by atoms with Gasteiger partial charge in [0.15, 0.2) is 5.76 Å². The summed E-state index contributed by atoms with van der Waals surface area (Å²) in [6.45, 7) is 7.10. The number of aryl methyl sites for hydroxylation is 1. The Morgan fingerprint density at radius 3 is 2.79 bits per heavy atom. The standard InChI is InChI=1S/C27H29N3O4/c1-18(2)24-10-8-19(3)12-26(24)33-17-23-9-11-25(34-23)27(31)29-21-14-28-30(16-21)15-20-6-5-7-22(13-20)32-4/h5-14,16,18H,15,17H2,1-4H3,(H,29,31). The molecule has 4 rings (SSSR count). The van der Waals surface area contributed by atoms with Crippen LogP contribution < -0.4 is 14.8 Å². The Morgan fingerprint density at radius 2 is 2.00 bits per heavy atom. The number of ether oxygens (including phenoxy) is 2. The molecule has 2 aromatic heterocycles. The molecular formula is C27H29N3O4. The first-order valence-electron chi connectivity index (χ1n) is 11.2. The van der Waals surface area contributed by atoms with E-state index in [1.165, 1.54) is 0 Å². The zero-order valence-electron chi connectivity index (χ0n) is 19.9. The minimum absolute atomic E-state index is 0.215. The van der Waals surface area contributed by atoms with Crippen LogP contribution in [-0.4, -0.2) is 22.8 Å². The normalized spacial score (nSPS) is 11.0. The predicted molar refractivity (Wildman–Crippen MR) is 131 cm³/mol. The molecule has 0 aliphatic carbocycles. The SMILES string of the molecule is COc1cccc(Cn2cc(NC(=O)c3ccc(COc4cc(C)ccc4C(C)C)o3)cn2)c1. The summed E-state index contributed by atoms with van der Waals surface area (Å²) in [5.74, 6) is 2.42. The molecule has 0 saturated carbocycles. The van der Waals surface area contributed by atoms with Gasteiger partial charge in [-0.3, -0.25) is 9.48 Å². The summed E-state index contributed by atoms with van der Waals surface area (Å²) in [4.78, 5) is 12.6. The van der Waals surface area contributed by atoms with E-state index in [9.17, 15) is 4.79 Å². The Morgan fingerprint density at radius 1 is 1.15 bits per heavy atom. The largest absolute Gasteiger partial charge is 0.497 e. The number of carbonyl (C=O) groups excluding carboxylic acids is 1. The number of amides is 1. The highest BCUT2D eigenvalue weighted by atomic mass is 16.5. The highest BCUT2D eigenvalue weighted by molar-refractivity contribution is 6.02. The van der Waals surface area contributed by atoms with Crippen molar-refractivity contribution in [2.24, 2.45) is 0 Å². The summed E-state index contributed by atoms with van der Waals surface area (Å²) in [6, 6.07) is 17.4. The van der Waals surface area contributed by atoms with Gasteiger partial charge >= 0.3 is 0 Å². The Labute approximate surface area is 199 Å². The van der Waals surface area contributed by atoms with Gasteiger partial charge in [-0.1, -0.05) is 38.1 Å². The lowest BCUT2D eigenvalue weighted by Crippen LogP contribution is -2.10. The Hall–Kier alpha value is -4.00. The third kappa shape index (κ3) is 5.67. The van der Waals surface area contributed by atoms with Gasteiger partial charge in [-0.25, -0.2) is 0 Å². The second-order valence-electron chi connectivity index (χ2n) is 8.48. The van der Waals surface area contributed by atoms with Crippen molar-refractivity contribution in [2.45, 2.75) is 39.8 Å². The summed E-state index contributed by atoms with van der Waals surface area (Å²) in [5.41, 5.74) is 3.90. The van der Waals surface area contributed by atoms with Gasteiger partial charge in [0.2, 0.25) is 0 Å². The predicted octanol–water partition coefficient (Wildman–Crippen LogP) is 5.80. The van der Waals surface area contributed by atoms with Gasteiger partial charge in [-0.15, -0.1) is 0 Å². The summed E-state index contributed by atoms with van der Waals surface area (Å²) in [7, 11) is 1.64. The number of carbonyl (C=O) groups is 1. The molecule has 7 nitrogen and oxygen atoms in total. The van der Waals surface area contributed by atoms with Crippen LogP contribution in [0, 0.1) is 6.92 Å². The van der Waals surface area contributed by atoms with Gasteiger partial charge in [0, 0.05) is 6.20 Å². The Kier molecular flexibility index (Phi) is 7.01. The molecule has 2 aromatic carbocycles. The number of furan rings is 1. The van der Waals surface area contributed by atoms with Crippen LogP contribution in [0.1, 0.15) is 52.8 Å². The fourth-order valence-corrected chi connectivity index (χ4v) is 3.64. The topological polar surface area (TPSA) is 78.5 Å². The van der Waals surface area contributed by atoms with E-state index < -0.39 is 0 Å². The average Bonchev–Trinajstić information content (AvgIpc) is 3.47. The first-order valence-corrected chi connectivity index (χ1v) is 11.2. The molecule has 1 N–H and O–H groups in total. The number of nitrogens with zero attached hydrogens (tertiary/aromatic N) is 2. The van der Waals surface area contributed by atoms with E-state index in [1.807, 2.05) is 37.3 Å². The average molecular weight is 460 g/mol. The van der Waals surface area contributed by atoms with Crippen LogP contribution in [0.25, 0.3) is 0 Å². The number of hydrogen-bond donors (Lipinski definition) is 1. The Bertz CT molecular complexity index is 1270. The van der Waals surface area contributed by atoms with E-state index in [4.69, 9.17) is 13.9 Å². The van der Waals surface area contributed by atoms with Crippen molar-refractivity contribution in [3.05, 3.63) is 95.2 Å². The molecule has 0 bridgehead atoms. The number of anilines is 1. The van der Waals surface area contributed by atoms with Crippen LogP contribution in [0.4, 0.5) is 5.69 Å². The van der Waals surface area contributed by atoms with E-state index in [0.717, 1.165) is 28.2 Å². The summed E-state index contributed by atoms with van der Waals surface area (Å²) in [5, 5.41) is 7.15. The van der Waals surface area contributed by atoms with Gasteiger partial charge in [-0.05, 0) is 59.9 Å². The minimum atomic E-state index is -0.342. The second-order valence-corrected chi connectivity index (χ2v) is 8.48. The van der Waals surface area contributed by atoms with Crippen molar-refractivity contribution in [3.63, 3.8) is 0 Å². The third-order valence-electron chi connectivity index (χ3n) is 5.42. The maximum absolute atomic E-state index is 12.6. The molecule has 0 spiro atoms. The molecule has 34 heavy (non-hydrogen) atoms. The third-order valence-corrected chi connectivity index (χ3v) is 5.42. The zero-order valence-corrected chi connectivity index (χ0v) is 19.9. The minimum Gasteiger partial charge on any atom is -0.497 e. The number of methoxy groups -OCH3 is 1. The van der Waals surface area contributed by atoms with Crippen molar-refractivity contribution < 1.29 is 18.7 Å². The van der Waals surface area contributed by atoms with E-state index in [2.05, 4.69) is 36.4 Å². The van der Waals surface area contributed by atoms with E-state index in [0.29, 0.717) is 23.9 Å². The zero-order chi connectivity index (χ0) is 24.1. The van der Waals surface area contributed by atoms with Gasteiger partial charge in [-0.2, -0.15) is 5.10 Å². The molecule has 0 fully saturated rings. The van der Waals surface area contributed by atoms with Crippen LogP contribution >= 0.6 is 0 Å². The molecule has 176 valence electrons. The summed E-state index contributed by atoms with van der Waals surface area (Å²) >= 11 is 0. The molecule has 4 aromatic rings. The summed E-state index contributed by atoms with van der Waals surface area (Å²) in [6.07, 6.45) is 3.38. The number of rotatable bonds is 9. The smallest absolute Gasteiger partial charge is 0.291 e.